The molecule has 0 unspecified atom stereocenters. The van der Waals surface area contributed by atoms with Crippen molar-refractivity contribution in [1.82, 2.24) is 19.4 Å². The number of benzene rings is 1. The van der Waals surface area contributed by atoms with Crippen molar-refractivity contribution in [2.75, 3.05) is 0 Å². The molecule has 2 heterocycles. The molecule has 1 aromatic carbocycles. The molecule has 0 fully saturated rings. The monoisotopic (exact) mass is 254 g/mol. The van der Waals surface area contributed by atoms with E-state index in [-0.39, 0.29) is 0 Å². The van der Waals surface area contributed by atoms with Gasteiger partial charge in [0.2, 0.25) is 0 Å². The molecule has 0 aliphatic carbocycles. The summed E-state index contributed by atoms with van der Waals surface area (Å²) in [5, 5.41) is 9.25. The summed E-state index contributed by atoms with van der Waals surface area (Å²) in [5.41, 5.74) is 5.80. The summed E-state index contributed by atoms with van der Waals surface area (Å²) in [6, 6.07) is 8.40. The zero-order valence-corrected chi connectivity index (χ0v) is 11.8. The van der Waals surface area contributed by atoms with Crippen molar-refractivity contribution in [1.29, 1.82) is 0 Å². The molecule has 0 bridgehead atoms. The SMILES string of the molecule is CCc1c(C)nn2c(-c3ccc(C)cc3)nn(C)c12. The minimum Gasteiger partial charge on any atom is -0.248 e. The van der Waals surface area contributed by atoms with Crippen LogP contribution >= 0.6 is 0 Å². The number of nitrogens with zero attached hydrogens (tertiary/aromatic N) is 4. The van der Waals surface area contributed by atoms with E-state index in [1.165, 1.54) is 11.1 Å². The molecule has 2 aromatic heterocycles. The van der Waals surface area contributed by atoms with Crippen molar-refractivity contribution in [3.63, 3.8) is 0 Å². The quantitative estimate of drug-likeness (QED) is 0.705. The smallest absolute Gasteiger partial charge is 0.183 e. The average Bonchev–Trinajstić information content (AvgIpc) is 2.88. The normalized spacial score (nSPS) is 11.4. The van der Waals surface area contributed by atoms with Crippen LogP contribution in [0.15, 0.2) is 24.3 Å². The maximum Gasteiger partial charge on any atom is 0.183 e. The average molecular weight is 254 g/mol. The van der Waals surface area contributed by atoms with E-state index in [1.54, 1.807) is 0 Å². The molecule has 3 aromatic rings. The van der Waals surface area contributed by atoms with E-state index in [4.69, 9.17) is 0 Å². The van der Waals surface area contributed by atoms with Crippen LogP contribution in [0, 0.1) is 13.8 Å². The summed E-state index contributed by atoms with van der Waals surface area (Å²) in [4.78, 5) is 0. The van der Waals surface area contributed by atoms with Crippen LogP contribution in [0.25, 0.3) is 17.0 Å². The lowest BCUT2D eigenvalue weighted by Gasteiger charge is -1.98. The van der Waals surface area contributed by atoms with E-state index in [2.05, 4.69) is 55.2 Å². The Morgan fingerprint density at radius 1 is 1.05 bits per heavy atom. The van der Waals surface area contributed by atoms with Gasteiger partial charge in [0.15, 0.2) is 11.5 Å². The summed E-state index contributed by atoms with van der Waals surface area (Å²) in [7, 11) is 1.98. The van der Waals surface area contributed by atoms with Gasteiger partial charge in [-0.25, -0.2) is 4.68 Å². The molecule has 19 heavy (non-hydrogen) atoms. The fourth-order valence-corrected chi connectivity index (χ4v) is 2.56. The molecule has 98 valence electrons. The standard InChI is InChI=1S/C15H18N4/c1-5-13-11(3)16-19-14(17-18(4)15(13)19)12-8-6-10(2)7-9-12/h6-9H,5H2,1-4H3. The zero-order chi connectivity index (χ0) is 13.6. The van der Waals surface area contributed by atoms with Gasteiger partial charge >= 0.3 is 0 Å². The molecule has 0 amide bonds. The molecule has 4 nitrogen and oxygen atoms in total. The van der Waals surface area contributed by atoms with Gasteiger partial charge in [-0.2, -0.15) is 14.7 Å². The number of aryl methyl sites for hydroxylation is 4. The van der Waals surface area contributed by atoms with E-state index < -0.39 is 0 Å². The van der Waals surface area contributed by atoms with Gasteiger partial charge in [0.25, 0.3) is 0 Å². The first-order valence-electron chi connectivity index (χ1n) is 6.60. The largest absolute Gasteiger partial charge is 0.248 e. The summed E-state index contributed by atoms with van der Waals surface area (Å²) < 4.78 is 3.88. The van der Waals surface area contributed by atoms with Gasteiger partial charge in [0.1, 0.15) is 0 Å². The van der Waals surface area contributed by atoms with Crippen LogP contribution in [0.4, 0.5) is 0 Å². The highest BCUT2D eigenvalue weighted by Gasteiger charge is 2.17. The van der Waals surface area contributed by atoms with Crippen molar-refractivity contribution in [2.45, 2.75) is 27.2 Å². The fourth-order valence-electron chi connectivity index (χ4n) is 2.56. The highest BCUT2D eigenvalue weighted by atomic mass is 15.4. The molecular weight excluding hydrogens is 236 g/mol. The molecule has 0 spiro atoms. The van der Waals surface area contributed by atoms with Gasteiger partial charge in [-0.3, -0.25) is 0 Å². The second-order valence-electron chi connectivity index (χ2n) is 4.97. The summed E-state index contributed by atoms with van der Waals surface area (Å²) in [6.07, 6.45) is 0.974. The molecule has 0 N–H and O–H groups in total. The Morgan fingerprint density at radius 2 is 1.74 bits per heavy atom. The highest BCUT2D eigenvalue weighted by Crippen LogP contribution is 2.23. The van der Waals surface area contributed by atoms with Crippen molar-refractivity contribution in [3.05, 3.63) is 41.1 Å². The summed E-state index contributed by atoms with van der Waals surface area (Å²) in [5.74, 6) is 0.903. The Hall–Kier alpha value is -2.10. The third-order valence-corrected chi connectivity index (χ3v) is 3.57. The molecule has 0 aliphatic rings. The number of aromatic nitrogens is 4. The first kappa shape index (κ1) is 12.0. The minimum atomic E-state index is 0.903. The molecule has 0 saturated carbocycles. The second kappa shape index (κ2) is 4.23. The molecule has 0 atom stereocenters. The Labute approximate surface area is 112 Å². The van der Waals surface area contributed by atoms with Crippen LogP contribution in [0.3, 0.4) is 0 Å². The van der Waals surface area contributed by atoms with Crippen LogP contribution in [0.2, 0.25) is 0 Å². The summed E-state index contributed by atoms with van der Waals surface area (Å²) in [6.45, 7) is 6.30. The van der Waals surface area contributed by atoms with Gasteiger partial charge < -0.3 is 0 Å². The zero-order valence-electron chi connectivity index (χ0n) is 11.8. The van der Waals surface area contributed by atoms with E-state index in [0.29, 0.717) is 0 Å². The second-order valence-corrected chi connectivity index (χ2v) is 4.97. The molecule has 3 rings (SSSR count). The van der Waals surface area contributed by atoms with Crippen LogP contribution in [0.5, 0.6) is 0 Å². The third-order valence-electron chi connectivity index (χ3n) is 3.57. The lowest BCUT2D eigenvalue weighted by Crippen LogP contribution is -1.94. The van der Waals surface area contributed by atoms with E-state index in [0.717, 1.165) is 29.1 Å². The Balaban J connectivity index is 2.28. The Bertz CT molecular complexity index is 732. The maximum atomic E-state index is 4.64. The lowest BCUT2D eigenvalue weighted by atomic mass is 10.1. The van der Waals surface area contributed by atoms with Gasteiger partial charge in [0, 0.05) is 18.2 Å². The Kier molecular flexibility index (Phi) is 2.66. The topological polar surface area (TPSA) is 35.1 Å². The minimum absolute atomic E-state index is 0.903. The molecule has 4 heteroatoms. The van der Waals surface area contributed by atoms with Crippen molar-refractivity contribution >= 4 is 5.65 Å². The van der Waals surface area contributed by atoms with E-state index >= 15 is 0 Å². The van der Waals surface area contributed by atoms with E-state index in [1.807, 2.05) is 16.2 Å². The maximum absolute atomic E-state index is 4.64. The van der Waals surface area contributed by atoms with Crippen LogP contribution in [0.1, 0.15) is 23.7 Å². The lowest BCUT2D eigenvalue weighted by molar-refractivity contribution is 0.795. The van der Waals surface area contributed by atoms with Gasteiger partial charge in [-0.1, -0.05) is 36.8 Å². The van der Waals surface area contributed by atoms with Crippen molar-refractivity contribution in [3.8, 4) is 11.4 Å². The van der Waals surface area contributed by atoms with Crippen molar-refractivity contribution in [2.24, 2.45) is 7.05 Å². The Morgan fingerprint density at radius 3 is 2.37 bits per heavy atom. The molecule has 0 radical (unpaired) electrons. The predicted molar refractivity (Wildman–Crippen MR) is 76.2 cm³/mol. The van der Waals surface area contributed by atoms with Crippen LogP contribution < -0.4 is 0 Å². The number of hydrogen-bond acceptors (Lipinski definition) is 2. The third kappa shape index (κ3) is 1.75. The van der Waals surface area contributed by atoms with Crippen LogP contribution in [-0.4, -0.2) is 19.4 Å². The molecule has 0 saturated heterocycles. The van der Waals surface area contributed by atoms with Crippen molar-refractivity contribution < 1.29 is 0 Å². The number of fused-ring (bicyclic) bond motifs is 1. The first-order chi connectivity index (χ1) is 9.11. The van der Waals surface area contributed by atoms with Gasteiger partial charge in [0.05, 0.1) is 5.69 Å². The predicted octanol–water partition coefficient (Wildman–Crippen LogP) is 2.91. The van der Waals surface area contributed by atoms with Gasteiger partial charge in [-0.15, -0.1) is 0 Å². The molecule has 0 aliphatic heterocycles. The van der Waals surface area contributed by atoms with Crippen LogP contribution in [-0.2, 0) is 13.5 Å². The number of hydrogen-bond donors (Lipinski definition) is 0. The fraction of sp³-hybridized carbons (Fsp3) is 0.333. The van der Waals surface area contributed by atoms with Gasteiger partial charge in [-0.05, 0) is 20.3 Å². The van der Waals surface area contributed by atoms with E-state index in [9.17, 15) is 0 Å². The summed E-state index contributed by atoms with van der Waals surface area (Å²) >= 11 is 0. The first-order valence-corrected chi connectivity index (χ1v) is 6.60. The molecular formula is C15H18N4. The number of rotatable bonds is 2. The highest BCUT2D eigenvalue weighted by molar-refractivity contribution is 5.62.